The number of hydrogen-bond acceptors (Lipinski definition) is 1. The van der Waals surface area contributed by atoms with Gasteiger partial charge in [-0.15, -0.1) is 0 Å². The Hall–Kier alpha value is -0.580. The zero-order valence-electron chi connectivity index (χ0n) is 6.08. The number of hydrogen-bond donors (Lipinski definition) is 0. The summed E-state index contributed by atoms with van der Waals surface area (Å²) in [7, 11) is 2.05. The number of fused-ring (bicyclic) bond motifs is 1. The molecule has 0 radical (unpaired) electrons. The molecule has 2 nitrogen and oxygen atoms in total. The summed E-state index contributed by atoms with van der Waals surface area (Å²) in [6.45, 7) is 0. The predicted octanol–water partition coefficient (Wildman–Crippen LogP) is 2.18. The third-order valence-electron chi connectivity index (χ3n) is 1.73. The SMILES string of the molecule is Cn1ccc2cncc(I)c21. The van der Waals surface area contributed by atoms with Gasteiger partial charge < -0.3 is 4.57 Å². The van der Waals surface area contributed by atoms with Gasteiger partial charge in [-0.1, -0.05) is 0 Å². The van der Waals surface area contributed by atoms with E-state index in [-0.39, 0.29) is 0 Å². The van der Waals surface area contributed by atoms with Crippen molar-refractivity contribution in [1.29, 1.82) is 0 Å². The molecule has 0 saturated heterocycles. The lowest BCUT2D eigenvalue weighted by atomic mass is 10.3. The predicted molar refractivity (Wildman–Crippen MR) is 53.4 cm³/mol. The second kappa shape index (κ2) is 2.48. The zero-order chi connectivity index (χ0) is 7.84. The van der Waals surface area contributed by atoms with Gasteiger partial charge in [0.25, 0.3) is 0 Å². The van der Waals surface area contributed by atoms with Gasteiger partial charge in [0.1, 0.15) is 0 Å². The lowest BCUT2D eigenvalue weighted by molar-refractivity contribution is 0.965. The lowest BCUT2D eigenvalue weighted by Crippen LogP contribution is -1.87. The second-order valence-electron chi connectivity index (χ2n) is 2.49. The summed E-state index contributed by atoms with van der Waals surface area (Å²) in [5.41, 5.74) is 1.26. The molecule has 0 unspecified atom stereocenters. The maximum Gasteiger partial charge on any atom is 0.0644 e. The molecule has 0 aliphatic rings. The molecule has 11 heavy (non-hydrogen) atoms. The van der Waals surface area contributed by atoms with Crippen LogP contribution in [0.1, 0.15) is 0 Å². The molecule has 3 heteroatoms. The smallest absolute Gasteiger partial charge is 0.0644 e. The van der Waals surface area contributed by atoms with Gasteiger partial charge >= 0.3 is 0 Å². The summed E-state index contributed by atoms with van der Waals surface area (Å²) < 4.78 is 3.31. The van der Waals surface area contributed by atoms with Gasteiger partial charge in [0, 0.05) is 31.0 Å². The fraction of sp³-hybridized carbons (Fsp3) is 0.125. The van der Waals surface area contributed by atoms with E-state index in [1.165, 1.54) is 14.5 Å². The number of rotatable bonds is 0. The van der Waals surface area contributed by atoms with Crippen LogP contribution in [0.3, 0.4) is 0 Å². The summed E-state index contributed by atoms with van der Waals surface area (Å²) in [4.78, 5) is 4.10. The van der Waals surface area contributed by atoms with Crippen molar-refractivity contribution in [2.75, 3.05) is 0 Å². The first-order chi connectivity index (χ1) is 5.29. The van der Waals surface area contributed by atoms with Crippen LogP contribution in [-0.2, 0) is 7.05 Å². The molecule has 0 aliphatic heterocycles. The molecule has 0 atom stereocenters. The molecule has 0 bridgehead atoms. The van der Waals surface area contributed by atoms with Gasteiger partial charge in [-0.25, -0.2) is 0 Å². The van der Waals surface area contributed by atoms with E-state index in [1.54, 1.807) is 0 Å². The van der Waals surface area contributed by atoms with Crippen LogP contribution in [0.5, 0.6) is 0 Å². The van der Waals surface area contributed by atoms with Gasteiger partial charge in [0.15, 0.2) is 0 Å². The first-order valence-electron chi connectivity index (χ1n) is 3.33. The number of pyridine rings is 1. The fourth-order valence-corrected chi connectivity index (χ4v) is 2.06. The Morgan fingerprint density at radius 3 is 3.00 bits per heavy atom. The fourth-order valence-electron chi connectivity index (χ4n) is 1.20. The lowest BCUT2D eigenvalue weighted by Gasteiger charge is -1.96. The van der Waals surface area contributed by atoms with Gasteiger partial charge in [-0.3, -0.25) is 4.98 Å². The Bertz CT molecular complexity index is 392. The van der Waals surface area contributed by atoms with E-state index in [9.17, 15) is 0 Å². The van der Waals surface area contributed by atoms with Crippen molar-refractivity contribution in [2.45, 2.75) is 0 Å². The van der Waals surface area contributed by atoms with Crippen LogP contribution in [0.4, 0.5) is 0 Å². The summed E-state index contributed by atoms with van der Waals surface area (Å²) in [5.74, 6) is 0. The molecular formula is C8H7IN2. The largest absolute Gasteiger partial charge is 0.350 e. The van der Waals surface area contributed by atoms with Gasteiger partial charge in [0.05, 0.1) is 9.09 Å². The molecule has 0 aromatic carbocycles. The van der Waals surface area contributed by atoms with E-state index in [2.05, 4.69) is 44.4 Å². The molecule has 0 aliphatic carbocycles. The van der Waals surface area contributed by atoms with Crippen LogP contribution >= 0.6 is 22.6 Å². The highest BCUT2D eigenvalue weighted by Crippen LogP contribution is 2.18. The standard InChI is InChI=1S/C8H7IN2/c1-11-3-2-6-4-10-5-7(9)8(6)11/h2-5H,1H3. The van der Waals surface area contributed by atoms with Gasteiger partial charge in [0.2, 0.25) is 0 Å². The molecular weight excluding hydrogens is 251 g/mol. The van der Waals surface area contributed by atoms with Crippen molar-refractivity contribution < 1.29 is 0 Å². The Morgan fingerprint density at radius 1 is 1.45 bits per heavy atom. The molecule has 0 amide bonds. The minimum atomic E-state index is 1.20. The quantitative estimate of drug-likeness (QED) is 0.662. The number of nitrogens with zero attached hydrogens (tertiary/aromatic N) is 2. The second-order valence-corrected chi connectivity index (χ2v) is 3.65. The Labute approximate surface area is 78.4 Å². The van der Waals surface area contributed by atoms with Crippen LogP contribution in [-0.4, -0.2) is 9.55 Å². The Balaban J connectivity index is 2.96. The van der Waals surface area contributed by atoms with E-state index < -0.39 is 0 Å². The molecule has 2 rings (SSSR count). The first-order valence-corrected chi connectivity index (χ1v) is 4.41. The minimum absolute atomic E-state index is 1.20. The average molecular weight is 258 g/mol. The normalized spacial score (nSPS) is 10.7. The maximum absolute atomic E-state index is 4.10. The van der Waals surface area contributed by atoms with Gasteiger partial charge in [-0.05, 0) is 28.7 Å². The summed E-state index contributed by atoms with van der Waals surface area (Å²) in [6, 6.07) is 2.07. The highest BCUT2D eigenvalue weighted by molar-refractivity contribution is 14.1. The van der Waals surface area contributed by atoms with Crippen molar-refractivity contribution in [2.24, 2.45) is 7.05 Å². The number of aryl methyl sites for hydroxylation is 1. The minimum Gasteiger partial charge on any atom is -0.350 e. The van der Waals surface area contributed by atoms with E-state index in [0.29, 0.717) is 0 Å². The molecule has 2 aromatic rings. The van der Waals surface area contributed by atoms with Crippen molar-refractivity contribution in [3.05, 3.63) is 28.2 Å². The van der Waals surface area contributed by atoms with E-state index in [0.717, 1.165) is 0 Å². The maximum atomic E-state index is 4.10. The van der Waals surface area contributed by atoms with E-state index in [1.807, 2.05) is 19.4 Å². The molecule has 0 saturated carbocycles. The van der Waals surface area contributed by atoms with Crippen LogP contribution < -0.4 is 0 Å². The highest BCUT2D eigenvalue weighted by Gasteiger charge is 2.00. The van der Waals surface area contributed by atoms with Crippen molar-refractivity contribution in [3.8, 4) is 0 Å². The summed E-state index contributed by atoms with van der Waals surface area (Å²) >= 11 is 2.30. The summed E-state index contributed by atoms with van der Waals surface area (Å²) in [5, 5.41) is 1.21. The monoisotopic (exact) mass is 258 g/mol. The van der Waals surface area contributed by atoms with Crippen LogP contribution in [0.2, 0.25) is 0 Å². The molecule has 56 valence electrons. The zero-order valence-corrected chi connectivity index (χ0v) is 8.24. The van der Waals surface area contributed by atoms with Crippen LogP contribution in [0.25, 0.3) is 10.9 Å². The van der Waals surface area contributed by atoms with E-state index >= 15 is 0 Å². The first kappa shape index (κ1) is 7.09. The number of halogens is 1. The van der Waals surface area contributed by atoms with E-state index in [4.69, 9.17) is 0 Å². The summed E-state index contributed by atoms with van der Waals surface area (Å²) in [6.07, 6.45) is 5.81. The molecule has 0 spiro atoms. The molecule has 2 aromatic heterocycles. The third-order valence-corrected chi connectivity index (χ3v) is 2.52. The molecule has 2 heterocycles. The number of aromatic nitrogens is 2. The third kappa shape index (κ3) is 1.03. The van der Waals surface area contributed by atoms with Crippen LogP contribution in [0, 0.1) is 3.57 Å². The van der Waals surface area contributed by atoms with Crippen LogP contribution in [0.15, 0.2) is 24.7 Å². The van der Waals surface area contributed by atoms with Crippen molar-refractivity contribution in [1.82, 2.24) is 9.55 Å². The Morgan fingerprint density at radius 2 is 2.27 bits per heavy atom. The molecule has 0 fully saturated rings. The average Bonchev–Trinajstić information content (AvgIpc) is 2.34. The highest BCUT2D eigenvalue weighted by atomic mass is 127. The molecule has 0 N–H and O–H groups in total. The Kier molecular flexibility index (Phi) is 1.60. The van der Waals surface area contributed by atoms with Crippen molar-refractivity contribution in [3.63, 3.8) is 0 Å². The van der Waals surface area contributed by atoms with Gasteiger partial charge in [-0.2, -0.15) is 0 Å². The van der Waals surface area contributed by atoms with Crippen molar-refractivity contribution >= 4 is 33.5 Å². The topological polar surface area (TPSA) is 17.8 Å².